The van der Waals surface area contributed by atoms with Crippen molar-refractivity contribution in [3.05, 3.63) is 60.2 Å². The Bertz CT molecular complexity index is 792. The Morgan fingerprint density at radius 3 is 2.60 bits per heavy atom. The van der Waals surface area contributed by atoms with Gasteiger partial charge < -0.3 is 15.4 Å². The summed E-state index contributed by atoms with van der Waals surface area (Å²) in [5.74, 6) is 0.0954. The fraction of sp³-hybridized carbons (Fsp3) is 0.167. The first-order valence-electron chi connectivity index (χ1n) is 7.81. The minimum absolute atomic E-state index is 0.194. The maximum absolute atomic E-state index is 12.0. The quantitative estimate of drug-likeness (QED) is 0.701. The second-order valence-electron chi connectivity index (χ2n) is 5.48. The molecule has 1 saturated heterocycles. The number of ether oxygens (including phenoxy) is 1. The molecule has 0 aromatic heterocycles. The SMILES string of the molecule is O=C(CCOc1ccccc1)Nc1cccc(C2NC(=O)NC2=O)c1. The lowest BCUT2D eigenvalue weighted by Gasteiger charge is -2.11. The van der Waals surface area contributed by atoms with E-state index in [1.54, 1.807) is 24.3 Å². The average Bonchev–Trinajstić information content (AvgIpc) is 2.94. The van der Waals surface area contributed by atoms with Crippen LogP contribution in [0, 0.1) is 0 Å². The van der Waals surface area contributed by atoms with Gasteiger partial charge in [0.25, 0.3) is 5.91 Å². The van der Waals surface area contributed by atoms with Crippen molar-refractivity contribution in [1.29, 1.82) is 0 Å². The van der Waals surface area contributed by atoms with Crippen LogP contribution in [-0.4, -0.2) is 24.5 Å². The van der Waals surface area contributed by atoms with Gasteiger partial charge in [-0.15, -0.1) is 0 Å². The Morgan fingerprint density at radius 1 is 1.08 bits per heavy atom. The Hall–Kier alpha value is -3.35. The van der Waals surface area contributed by atoms with E-state index >= 15 is 0 Å². The molecule has 1 fully saturated rings. The summed E-state index contributed by atoms with van der Waals surface area (Å²) in [4.78, 5) is 34.9. The summed E-state index contributed by atoms with van der Waals surface area (Å²) in [5.41, 5.74) is 1.15. The van der Waals surface area contributed by atoms with Crippen LogP contribution < -0.4 is 20.7 Å². The molecule has 7 heteroatoms. The molecule has 2 aromatic carbocycles. The number of hydrogen-bond acceptors (Lipinski definition) is 4. The molecule has 7 nitrogen and oxygen atoms in total. The Labute approximate surface area is 144 Å². The van der Waals surface area contributed by atoms with Gasteiger partial charge in [0.2, 0.25) is 5.91 Å². The first-order chi connectivity index (χ1) is 12.1. The summed E-state index contributed by atoms with van der Waals surface area (Å²) in [6.07, 6.45) is 0.194. The molecule has 4 amide bonds. The summed E-state index contributed by atoms with van der Waals surface area (Å²) in [7, 11) is 0. The molecule has 25 heavy (non-hydrogen) atoms. The molecule has 128 valence electrons. The number of para-hydroxylation sites is 1. The predicted molar refractivity (Wildman–Crippen MR) is 91.0 cm³/mol. The molecule has 1 heterocycles. The zero-order valence-electron chi connectivity index (χ0n) is 13.3. The Morgan fingerprint density at radius 2 is 1.88 bits per heavy atom. The van der Waals surface area contributed by atoms with E-state index in [9.17, 15) is 14.4 Å². The third-order valence-electron chi connectivity index (χ3n) is 3.62. The predicted octanol–water partition coefficient (Wildman–Crippen LogP) is 1.97. The van der Waals surface area contributed by atoms with Gasteiger partial charge >= 0.3 is 6.03 Å². The van der Waals surface area contributed by atoms with Crippen molar-refractivity contribution in [3.63, 3.8) is 0 Å². The van der Waals surface area contributed by atoms with Crippen LogP contribution in [0.3, 0.4) is 0 Å². The van der Waals surface area contributed by atoms with Gasteiger partial charge in [-0.1, -0.05) is 30.3 Å². The molecule has 3 N–H and O–H groups in total. The summed E-state index contributed by atoms with van der Waals surface area (Å²) < 4.78 is 5.48. The average molecular weight is 339 g/mol. The van der Waals surface area contributed by atoms with Crippen molar-refractivity contribution in [1.82, 2.24) is 10.6 Å². The van der Waals surface area contributed by atoms with E-state index in [4.69, 9.17) is 4.74 Å². The molecule has 0 aliphatic carbocycles. The molecule has 1 atom stereocenters. The first-order valence-corrected chi connectivity index (χ1v) is 7.81. The summed E-state index contributed by atoms with van der Waals surface area (Å²) in [6, 6.07) is 14.8. The van der Waals surface area contributed by atoms with Crippen molar-refractivity contribution in [2.24, 2.45) is 0 Å². The van der Waals surface area contributed by atoms with Gasteiger partial charge in [-0.2, -0.15) is 0 Å². The zero-order chi connectivity index (χ0) is 17.6. The monoisotopic (exact) mass is 339 g/mol. The smallest absolute Gasteiger partial charge is 0.322 e. The number of imide groups is 1. The molecule has 0 radical (unpaired) electrons. The number of carbonyl (C=O) groups is 3. The molecule has 0 spiro atoms. The lowest BCUT2D eigenvalue weighted by atomic mass is 10.1. The van der Waals surface area contributed by atoms with Crippen LogP contribution in [0.1, 0.15) is 18.0 Å². The molecule has 0 bridgehead atoms. The summed E-state index contributed by atoms with van der Waals surface area (Å²) in [5, 5.41) is 7.45. The summed E-state index contributed by atoms with van der Waals surface area (Å²) >= 11 is 0. The van der Waals surface area contributed by atoms with Gasteiger partial charge in [-0.05, 0) is 29.8 Å². The van der Waals surface area contributed by atoms with Crippen molar-refractivity contribution in [2.75, 3.05) is 11.9 Å². The zero-order valence-corrected chi connectivity index (χ0v) is 13.3. The first kappa shape index (κ1) is 16.5. The van der Waals surface area contributed by atoms with E-state index in [0.717, 1.165) is 0 Å². The van der Waals surface area contributed by atoms with Crippen LogP contribution >= 0.6 is 0 Å². The van der Waals surface area contributed by atoms with Crippen molar-refractivity contribution in [2.45, 2.75) is 12.5 Å². The van der Waals surface area contributed by atoms with Gasteiger partial charge in [-0.3, -0.25) is 14.9 Å². The number of urea groups is 1. The fourth-order valence-corrected chi connectivity index (χ4v) is 2.45. The van der Waals surface area contributed by atoms with Crippen LogP contribution in [0.2, 0.25) is 0 Å². The molecule has 2 aromatic rings. The maximum atomic E-state index is 12.0. The molecule has 1 unspecified atom stereocenters. The van der Waals surface area contributed by atoms with Crippen molar-refractivity contribution in [3.8, 4) is 5.75 Å². The molecule has 0 saturated carbocycles. The Balaban J connectivity index is 1.54. The van der Waals surface area contributed by atoms with Crippen molar-refractivity contribution < 1.29 is 19.1 Å². The van der Waals surface area contributed by atoms with Crippen LogP contribution in [0.25, 0.3) is 0 Å². The van der Waals surface area contributed by atoms with Gasteiger partial charge in [0.05, 0.1) is 13.0 Å². The number of carbonyl (C=O) groups excluding carboxylic acids is 3. The van der Waals surface area contributed by atoms with Gasteiger partial charge in [0, 0.05) is 5.69 Å². The second-order valence-corrected chi connectivity index (χ2v) is 5.48. The van der Waals surface area contributed by atoms with E-state index < -0.39 is 18.0 Å². The number of hydrogen-bond donors (Lipinski definition) is 3. The molecular formula is C18H17N3O4. The van der Waals surface area contributed by atoms with Crippen LogP contribution in [0.5, 0.6) is 5.75 Å². The van der Waals surface area contributed by atoms with Crippen molar-refractivity contribution >= 4 is 23.5 Å². The second kappa shape index (κ2) is 7.48. The molecular weight excluding hydrogens is 322 g/mol. The molecule has 1 aliphatic rings. The number of rotatable bonds is 6. The topological polar surface area (TPSA) is 96.5 Å². The van der Waals surface area contributed by atoms with Gasteiger partial charge in [-0.25, -0.2) is 4.79 Å². The highest BCUT2D eigenvalue weighted by atomic mass is 16.5. The molecule has 1 aliphatic heterocycles. The lowest BCUT2D eigenvalue weighted by molar-refractivity contribution is -0.120. The number of benzene rings is 2. The van der Waals surface area contributed by atoms with Gasteiger partial charge in [0.1, 0.15) is 11.8 Å². The van der Waals surface area contributed by atoms with Crippen LogP contribution in [0.4, 0.5) is 10.5 Å². The Kier molecular flexibility index (Phi) is 4.94. The van der Waals surface area contributed by atoms with E-state index in [0.29, 0.717) is 17.0 Å². The largest absolute Gasteiger partial charge is 0.493 e. The minimum Gasteiger partial charge on any atom is -0.493 e. The highest BCUT2D eigenvalue weighted by molar-refractivity contribution is 6.04. The third kappa shape index (κ3) is 4.35. The molecule has 3 rings (SSSR count). The third-order valence-corrected chi connectivity index (χ3v) is 3.62. The highest BCUT2D eigenvalue weighted by Gasteiger charge is 2.30. The minimum atomic E-state index is -0.745. The van der Waals surface area contributed by atoms with E-state index in [2.05, 4.69) is 16.0 Å². The summed E-state index contributed by atoms with van der Waals surface area (Å²) in [6.45, 7) is 0.261. The lowest BCUT2D eigenvalue weighted by Crippen LogP contribution is -2.22. The maximum Gasteiger partial charge on any atom is 0.322 e. The van der Waals surface area contributed by atoms with E-state index in [1.807, 2.05) is 30.3 Å². The normalized spacial score (nSPS) is 16.1. The van der Waals surface area contributed by atoms with E-state index in [1.165, 1.54) is 0 Å². The fourth-order valence-electron chi connectivity index (χ4n) is 2.45. The van der Waals surface area contributed by atoms with Crippen LogP contribution in [-0.2, 0) is 9.59 Å². The number of nitrogens with one attached hydrogen (secondary N) is 3. The standard InChI is InChI=1S/C18H17N3O4/c22-15(9-10-25-14-7-2-1-3-8-14)19-13-6-4-5-12(11-13)16-17(23)21-18(24)20-16/h1-8,11,16H,9-10H2,(H,19,22)(H2,20,21,23,24). The van der Waals surface area contributed by atoms with E-state index in [-0.39, 0.29) is 18.9 Å². The van der Waals surface area contributed by atoms with Gasteiger partial charge in [0.15, 0.2) is 0 Å². The highest BCUT2D eigenvalue weighted by Crippen LogP contribution is 2.20. The number of anilines is 1. The number of amides is 4. The van der Waals surface area contributed by atoms with Crippen LogP contribution in [0.15, 0.2) is 54.6 Å².